The Balaban J connectivity index is 1.91. The lowest BCUT2D eigenvalue weighted by molar-refractivity contribution is -0.119. The Bertz CT molecular complexity index is 543. The van der Waals surface area contributed by atoms with Gasteiger partial charge in [-0.1, -0.05) is 0 Å². The van der Waals surface area contributed by atoms with Gasteiger partial charge in [-0.3, -0.25) is 4.79 Å². The van der Waals surface area contributed by atoms with Crippen LogP contribution >= 0.6 is 0 Å². The third-order valence-corrected chi connectivity index (χ3v) is 3.11. The summed E-state index contributed by atoms with van der Waals surface area (Å²) in [5, 5.41) is 8.20. The molecule has 1 fully saturated rings. The SMILES string of the molecule is Cc1cc(NC(=O)N[C@@H]2CNC(=O)C2)ccc1OC(C)C. The van der Waals surface area contributed by atoms with E-state index in [1.54, 1.807) is 6.07 Å². The minimum absolute atomic E-state index is 0.0358. The number of hydrogen-bond acceptors (Lipinski definition) is 3. The highest BCUT2D eigenvalue weighted by molar-refractivity contribution is 5.90. The Morgan fingerprint density at radius 2 is 2.19 bits per heavy atom. The molecule has 6 nitrogen and oxygen atoms in total. The van der Waals surface area contributed by atoms with Crippen molar-refractivity contribution in [2.45, 2.75) is 39.3 Å². The Hall–Kier alpha value is -2.24. The third-order valence-electron chi connectivity index (χ3n) is 3.11. The average Bonchev–Trinajstić information content (AvgIpc) is 2.77. The fraction of sp³-hybridized carbons (Fsp3) is 0.467. The number of amides is 3. The molecule has 1 aromatic carbocycles. The first-order valence-corrected chi connectivity index (χ1v) is 7.05. The maximum Gasteiger partial charge on any atom is 0.319 e. The monoisotopic (exact) mass is 291 g/mol. The van der Waals surface area contributed by atoms with Crippen LogP contribution in [0.15, 0.2) is 18.2 Å². The molecule has 0 unspecified atom stereocenters. The molecular weight excluding hydrogens is 270 g/mol. The summed E-state index contributed by atoms with van der Waals surface area (Å²) in [4.78, 5) is 22.9. The number of carbonyl (C=O) groups is 2. The highest BCUT2D eigenvalue weighted by Crippen LogP contribution is 2.22. The van der Waals surface area contributed by atoms with Gasteiger partial charge >= 0.3 is 6.03 Å². The summed E-state index contributed by atoms with van der Waals surface area (Å²) < 4.78 is 5.65. The van der Waals surface area contributed by atoms with E-state index in [-0.39, 0.29) is 24.1 Å². The number of aryl methyl sites for hydroxylation is 1. The number of nitrogens with one attached hydrogen (secondary N) is 3. The fourth-order valence-electron chi connectivity index (χ4n) is 2.17. The van der Waals surface area contributed by atoms with Crippen LogP contribution in [0.3, 0.4) is 0 Å². The molecule has 1 aromatic rings. The quantitative estimate of drug-likeness (QED) is 0.791. The van der Waals surface area contributed by atoms with Crippen molar-refractivity contribution in [2.75, 3.05) is 11.9 Å². The van der Waals surface area contributed by atoms with Crippen LogP contribution in [-0.4, -0.2) is 30.6 Å². The van der Waals surface area contributed by atoms with Gasteiger partial charge in [0.15, 0.2) is 0 Å². The topological polar surface area (TPSA) is 79.5 Å². The molecule has 0 bridgehead atoms. The molecule has 3 amide bonds. The van der Waals surface area contributed by atoms with Crippen molar-refractivity contribution in [3.05, 3.63) is 23.8 Å². The van der Waals surface area contributed by atoms with Gasteiger partial charge in [-0.25, -0.2) is 4.79 Å². The summed E-state index contributed by atoms with van der Waals surface area (Å²) in [6, 6.07) is 5.03. The fourth-order valence-corrected chi connectivity index (χ4v) is 2.17. The van der Waals surface area contributed by atoms with Crippen LogP contribution in [0.25, 0.3) is 0 Å². The number of benzene rings is 1. The largest absolute Gasteiger partial charge is 0.491 e. The maximum atomic E-state index is 11.9. The van der Waals surface area contributed by atoms with Gasteiger partial charge in [-0.2, -0.15) is 0 Å². The lowest BCUT2D eigenvalue weighted by atomic mass is 10.2. The summed E-state index contributed by atoms with van der Waals surface area (Å²) in [6.45, 7) is 6.35. The second kappa shape index (κ2) is 6.47. The molecule has 0 spiro atoms. The number of rotatable bonds is 4. The van der Waals surface area contributed by atoms with Crippen molar-refractivity contribution in [2.24, 2.45) is 0 Å². The van der Waals surface area contributed by atoms with Crippen LogP contribution in [0.5, 0.6) is 5.75 Å². The molecule has 0 aliphatic carbocycles. The molecule has 1 heterocycles. The molecule has 114 valence electrons. The molecule has 0 saturated carbocycles. The summed E-state index contributed by atoms with van der Waals surface area (Å²) in [5.74, 6) is 0.771. The molecule has 6 heteroatoms. The molecule has 1 atom stereocenters. The van der Waals surface area contributed by atoms with E-state index in [0.717, 1.165) is 11.3 Å². The van der Waals surface area contributed by atoms with Crippen molar-refractivity contribution >= 4 is 17.6 Å². The minimum Gasteiger partial charge on any atom is -0.491 e. The van der Waals surface area contributed by atoms with Crippen LogP contribution in [0.2, 0.25) is 0 Å². The van der Waals surface area contributed by atoms with Crippen LogP contribution in [-0.2, 0) is 4.79 Å². The number of hydrogen-bond donors (Lipinski definition) is 3. The lowest BCUT2D eigenvalue weighted by Crippen LogP contribution is -2.39. The van der Waals surface area contributed by atoms with Crippen LogP contribution < -0.4 is 20.7 Å². The van der Waals surface area contributed by atoms with Gasteiger partial charge in [0.1, 0.15) is 5.75 Å². The Kier molecular flexibility index (Phi) is 4.67. The second-order valence-corrected chi connectivity index (χ2v) is 5.45. The van der Waals surface area contributed by atoms with E-state index in [4.69, 9.17) is 4.74 Å². The molecule has 1 aliphatic rings. The Morgan fingerprint density at radius 3 is 2.76 bits per heavy atom. The highest BCUT2D eigenvalue weighted by atomic mass is 16.5. The van der Waals surface area contributed by atoms with Gasteiger partial charge in [0.25, 0.3) is 0 Å². The highest BCUT2D eigenvalue weighted by Gasteiger charge is 2.22. The van der Waals surface area contributed by atoms with Gasteiger partial charge in [0.05, 0.1) is 12.1 Å². The molecule has 1 aliphatic heterocycles. The average molecular weight is 291 g/mol. The van der Waals surface area contributed by atoms with Crippen LogP contribution in [0.1, 0.15) is 25.8 Å². The van der Waals surface area contributed by atoms with E-state index in [1.807, 2.05) is 32.9 Å². The van der Waals surface area contributed by atoms with Gasteiger partial charge in [0.2, 0.25) is 5.91 Å². The van der Waals surface area contributed by atoms with Crippen molar-refractivity contribution in [3.8, 4) is 5.75 Å². The predicted octanol–water partition coefficient (Wildman–Crippen LogP) is 1.79. The molecule has 21 heavy (non-hydrogen) atoms. The lowest BCUT2D eigenvalue weighted by Gasteiger charge is -2.15. The van der Waals surface area contributed by atoms with Gasteiger partial charge < -0.3 is 20.7 Å². The van der Waals surface area contributed by atoms with Gasteiger partial charge in [-0.05, 0) is 44.5 Å². The molecule has 3 N–H and O–H groups in total. The van der Waals surface area contributed by atoms with Crippen molar-refractivity contribution in [1.29, 1.82) is 0 Å². The zero-order valence-corrected chi connectivity index (χ0v) is 12.5. The second-order valence-electron chi connectivity index (χ2n) is 5.45. The third kappa shape index (κ3) is 4.37. The Morgan fingerprint density at radius 1 is 1.43 bits per heavy atom. The van der Waals surface area contributed by atoms with E-state index >= 15 is 0 Å². The van der Waals surface area contributed by atoms with Crippen molar-refractivity contribution < 1.29 is 14.3 Å². The number of anilines is 1. The van der Waals surface area contributed by atoms with Gasteiger partial charge in [0, 0.05) is 18.7 Å². The number of urea groups is 1. The normalized spacial score (nSPS) is 17.5. The molecule has 0 radical (unpaired) electrons. The Labute approximate surface area is 124 Å². The van der Waals surface area contributed by atoms with Gasteiger partial charge in [-0.15, -0.1) is 0 Å². The van der Waals surface area contributed by atoms with E-state index < -0.39 is 0 Å². The first kappa shape index (κ1) is 15.2. The number of ether oxygens (including phenoxy) is 1. The summed E-state index contributed by atoms with van der Waals surface area (Å²) in [5.41, 5.74) is 1.65. The van der Waals surface area contributed by atoms with Crippen LogP contribution in [0.4, 0.5) is 10.5 Å². The minimum atomic E-state index is -0.312. The first-order chi connectivity index (χ1) is 9.94. The molecule has 1 saturated heterocycles. The molecule has 2 rings (SSSR count). The molecular formula is C15H21N3O3. The van der Waals surface area contributed by atoms with E-state index in [0.29, 0.717) is 18.7 Å². The summed E-state index contributed by atoms with van der Waals surface area (Å²) >= 11 is 0. The van der Waals surface area contributed by atoms with Crippen LogP contribution in [0, 0.1) is 6.92 Å². The predicted molar refractivity (Wildman–Crippen MR) is 80.5 cm³/mol. The molecule has 0 aromatic heterocycles. The maximum absolute atomic E-state index is 11.9. The smallest absolute Gasteiger partial charge is 0.319 e. The zero-order chi connectivity index (χ0) is 15.4. The zero-order valence-electron chi connectivity index (χ0n) is 12.5. The van der Waals surface area contributed by atoms with E-state index in [2.05, 4.69) is 16.0 Å². The van der Waals surface area contributed by atoms with E-state index in [1.165, 1.54) is 0 Å². The standard InChI is InChI=1S/C15H21N3O3/c1-9(2)21-13-5-4-11(6-10(13)3)17-15(20)18-12-7-14(19)16-8-12/h4-6,9,12H,7-8H2,1-3H3,(H,16,19)(H2,17,18,20)/t12-/m0/s1. The van der Waals surface area contributed by atoms with Crippen molar-refractivity contribution in [1.82, 2.24) is 10.6 Å². The summed E-state index contributed by atoms with van der Waals surface area (Å²) in [6.07, 6.45) is 0.436. The summed E-state index contributed by atoms with van der Waals surface area (Å²) in [7, 11) is 0. The van der Waals surface area contributed by atoms with Crippen molar-refractivity contribution in [3.63, 3.8) is 0 Å². The first-order valence-electron chi connectivity index (χ1n) is 7.05. The van der Waals surface area contributed by atoms with E-state index in [9.17, 15) is 9.59 Å². The number of carbonyl (C=O) groups excluding carboxylic acids is 2.